The standard InChI is InChI=1S/3C13H18O3.Fe/c3*1-7(2)9-5-10(8(3)4)12(14)11(6-9)13(15)16;/h3*5-8,14H,1-4H3,(H,15,16);/q;;;+3/p-3. The predicted octanol–water partition coefficient (Wildman–Crippen LogP) is 8.11. The van der Waals surface area contributed by atoms with Gasteiger partial charge in [0.2, 0.25) is 0 Å². The molecule has 0 amide bonds. The Morgan fingerprint density at radius 3 is 0.714 bits per heavy atom. The van der Waals surface area contributed by atoms with Crippen molar-refractivity contribution in [3.05, 3.63) is 86.5 Å². The van der Waals surface area contributed by atoms with Crippen molar-refractivity contribution in [2.75, 3.05) is 0 Å². The van der Waals surface area contributed by atoms with Crippen LogP contribution in [0.4, 0.5) is 0 Å². The Kier molecular flexibility index (Phi) is 17.7. The fourth-order valence-electron chi connectivity index (χ4n) is 4.79. The van der Waals surface area contributed by atoms with Crippen molar-refractivity contribution in [2.45, 2.75) is 119 Å². The van der Waals surface area contributed by atoms with Crippen LogP contribution in [0.15, 0.2) is 36.4 Å². The third kappa shape index (κ3) is 12.1. The van der Waals surface area contributed by atoms with Crippen LogP contribution in [0.25, 0.3) is 0 Å². The average molecular weight is 720 g/mol. The summed E-state index contributed by atoms with van der Waals surface area (Å²) in [5, 5.41) is 62.5. The molecule has 0 aliphatic rings. The summed E-state index contributed by atoms with van der Waals surface area (Å²) in [5.41, 5.74) is 4.12. The largest absolute Gasteiger partial charge is 3.00 e. The molecule has 3 rings (SSSR count). The van der Waals surface area contributed by atoms with Gasteiger partial charge in [-0.2, -0.15) is 0 Å². The topological polar surface area (TPSA) is 181 Å². The molecule has 0 bridgehead atoms. The zero-order valence-corrected chi connectivity index (χ0v) is 31.7. The van der Waals surface area contributed by atoms with E-state index in [0.29, 0.717) is 16.7 Å². The van der Waals surface area contributed by atoms with Gasteiger partial charge in [-0.25, -0.2) is 14.4 Å². The molecule has 0 aliphatic carbocycles. The minimum atomic E-state index is -1.14. The van der Waals surface area contributed by atoms with Gasteiger partial charge in [0.1, 0.15) is 0 Å². The summed E-state index contributed by atoms with van der Waals surface area (Å²) in [6.45, 7) is 23.3. The summed E-state index contributed by atoms with van der Waals surface area (Å²) in [5.74, 6) is -3.70. The zero-order valence-electron chi connectivity index (χ0n) is 30.6. The summed E-state index contributed by atoms with van der Waals surface area (Å²) in [6, 6.07) is 9.93. The van der Waals surface area contributed by atoms with Crippen LogP contribution in [0.3, 0.4) is 0 Å². The van der Waals surface area contributed by atoms with Crippen LogP contribution in [0, 0.1) is 0 Å². The van der Waals surface area contributed by atoms with Crippen molar-refractivity contribution in [3.8, 4) is 17.2 Å². The summed E-state index contributed by atoms with van der Waals surface area (Å²) in [6.07, 6.45) is 0. The third-order valence-corrected chi connectivity index (χ3v) is 7.98. The first-order valence-corrected chi connectivity index (χ1v) is 16.3. The molecule has 9 nitrogen and oxygen atoms in total. The summed E-state index contributed by atoms with van der Waals surface area (Å²) in [7, 11) is 0. The van der Waals surface area contributed by atoms with Gasteiger partial charge in [-0.15, -0.1) is 0 Å². The number of carboxylic acids is 3. The van der Waals surface area contributed by atoms with E-state index in [1.165, 1.54) is 18.2 Å². The normalized spacial score (nSPS) is 10.9. The van der Waals surface area contributed by atoms with Crippen LogP contribution < -0.4 is 15.3 Å². The third-order valence-electron chi connectivity index (χ3n) is 7.98. The van der Waals surface area contributed by atoms with Crippen LogP contribution in [0.2, 0.25) is 0 Å². The Bertz CT molecular complexity index is 1410. The summed E-state index contributed by atoms with van der Waals surface area (Å²) >= 11 is 0. The van der Waals surface area contributed by atoms with E-state index in [-0.39, 0.29) is 86.5 Å². The molecule has 3 aromatic rings. The van der Waals surface area contributed by atoms with Gasteiger partial charge >= 0.3 is 35.0 Å². The van der Waals surface area contributed by atoms with E-state index < -0.39 is 17.9 Å². The van der Waals surface area contributed by atoms with Gasteiger partial charge in [-0.3, -0.25) is 0 Å². The molecule has 0 spiro atoms. The molecule has 0 unspecified atom stereocenters. The second-order valence-electron chi connectivity index (χ2n) is 13.8. The molecule has 0 fully saturated rings. The van der Waals surface area contributed by atoms with E-state index in [0.717, 1.165) is 16.7 Å². The van der Waals surface area contributed by atoms with Crippen molar-refractivity contribution in [3.63, 3.8) is 0 Å². The molecule has 10 heteroatoms. The Morgan fingerprint density at radius 2 is 0.592 bits per heavy atom. The van der Waals surface area contributed by atoms with Crippen LogP contribution >= 0.6 is 0 Å². The fraction of sp³-hybridized carbons (Fsp3) is 0.462. The molecule has 269 valence electrons. The van der Waals surface area contributed by atoms with Gasteiger partial charge in [-0.1, -0.05) is 135 Å². The van der Waals surface area contributed by atoms with Gasteiger partial charge in [0.05, 0.1) is 16.7 Å². The van der Waals surface area contributed by atoms with Gasteiger partial charge in [-0.05, 0) is 70.4 Å². The zero-order chi connectivity index (χ0) is 37.4. The number of hydrogen-bond acceptors (Lipinski definition) is 6. The van der Waals surface area contributed by atoms with Crippen LogP contribution in [0.1, 0.15) is 183 Å². The second kappa shape index (κ2) is 19.2. The average Bonchev–Trinajstić information content (AvgIpc) is 2.96. The molecule has 3 N–H and O–H groups in total. The maximum atomic E-state index is 11.8. The van der Waals surface area contributed by atoms with Crippen LogP contribution in [-0.4, -0.2) is 33.2 Å². The quantitative estimate of drug-likeness (QED) is 0.184. The van der Waals surface area contributed by atoms with E-state index in [2.05, 4.69) is 0 Å². The number of carbonyl (C=O) groups is 3. The molecule has 0 atom stereocenters. The van der Waals surface area contributed by atoms with Crippen molar-refractivity contribution >= 4 is 17.9 Å². The molecule has 0 aromatic heterocycles. The molecular weight excluding hydrogens is 668 g/mol. The Balaban J connectivity index is 0.000000698. The number of aromatic carboxylic acids is 3. The summed E-state index contributed by atoms with van der Waals surface area (Å²) < 4.78 is 0. The van der Waals surface area contributed by atoms with Gasteiger partial charge in [0, 0.05) is 0 Å². The van der Waals surface area contributed by atoms with Crippen molar-refractivity contribution in [2.24, 2.45) is 0 Å². The van der Waals surface area contributed by atoms with Gasteiger partial charge in [0.25, 0.3) is 0 Å². The molecule has 0 saturated heterocycles. The van der Waals surface area contributed by atoms with E-state index in [4.69, 9.17) is 15.3 Å². The monoisotopic (exact) mass is 719 g/mol. The first kappa shape index (κ1) is 45.0. The Morgan fingerprint density at radius 1 is 0.408 bits per heavy atom. The maximum absolute atomic E-state index is 11.8. The molecule has 0 saturated carbocycles. The molecule has 3 aromatic carbocycles. The van der Waals surface area contributed by atoms with E-state index >= 15 is 0 Å². The van der Waals surface area contributed by atoms with Crippen LogP contribution in [-0.2, 0) is 17.1 Å². The fourth-order valence-corrected chi connectivity index (χ4v) is 4.79. The first-order chi connectivity index (χ1) is 22.0. The Labute approximate surface area is 301 Å². The molecule has 49 heavy (non-hydrogen) atoms. The summed E-state index contributed by atoms with van der Waals surface area (Å²) in [4.78, 5) is 32.9. The second-order valence-corrected chi connectivity index (χ2v) is 13.8. The number of hydrogen-bond donors (Lipinski definition) is 3. The SMILES string of the molecule is CC(C)c1cc(C(=O)O)c([O-])c(C(C)C)c1.CC(C)c1cc(C(=O)O)c([O-])c(C(C)C)c1.CC(C)c1cc(C(=O)O)c([O-])c(C(C)C)c1.[Fe+3]. The Hall–Kier alpha value is -4.01. The molecule has 1 radical (unpaired) electrons. The smallest absolute Gasteiger partial charge is 0.872 e. The van der Waals surface area contributed by atoms with E-state index in [9.17, 15) is 29.7 Å². The van der Waals surface area contributed by atoms with Crippen molar-refractivity contribution < 1.29 is 62.1 Å². The van der Waals surface area contributed by atoms with Gasteiger partial charge in [0.15, 0.2) is 0 Å². The molecule has 0 heterocycles. The van der Waals surface area contributed by atoms with Crippen LogP contribution in [0.5, 0.6) is 17.2 Å². The first-order valence-electron chi connectivity index (χ1n) is 16.3. The van der Waals surface area contributed by atoms with E-state index in [1.807, 2.05) is 101 Å². The van der Waals surface area contributed by atoms with Crippen molar-refractivity contribution in [1.82, 2.24) is 0 Å². The minimum Gasteiger partial charge on any atom is -0.872 e. The molecule has 0 aliphatic heterocycles. The maximum Gasteiger partial charge on any atom is 3.00 e. The van der Waals surface area contributed by atoms with Crippen molar-refractivity contribution in [1.29, 1.82) is 0 Å². The van der Waals surface area contributed by atoms with Gasteiger partial charge < -0.3 is 30.6 Å². The number of rotatable bonds is 9. The number of benzene rings is 3. The minimum absolute atomic E-state index is 0. The van der Waals surface area contributed by atoms with E-state index in [1.54, 1.807) is 0 Å². The number of carboxylic acid groups (broad SMARTS) is 3. The molecular formula is C39H51FeO9. The predicted molar refractivity (Wildman–Crippen MR) is 183 cm³/mol.